The van der Waals surface area contributed by atoms with E-state index >= 15 is 0 Å². The van der Waals surface area contributed by atoms with Crippen molar-refractivity contribution in [2.45, 2.75) is 26.9 Å². The Morgan fingerprint density at radius 1 is 0.324 bits per heavy atom. The Bertz CT molecular complexity index is 4130. The summed E-state index contributed by atoms with van der Waals surface area (Å²) in [6.07, 6.45) is 0. The van der Waals surface area contributed by atoms with Gasteiger partial charge in [0.1, 0.15) is 12.1 Å². The number of aromatic nitrogens is 4. The Morgan fingerprint density at radius 2 is 0.574 bits per heavy atom. The molecule has 9 aromatic carbocycles. The Kier molecular flexibility index (Phi) is 8.62. The SMILES string of the molecule is CCn1c2ccccc2c2cc(-c3c(C#N)c(-c4ccc5c(c4)c4ccccc4n5CC)c(-c4ccc5c(c4)c4ccccc4n5C)c(C#N)c3-c3ccc4c(c3)c3ccccc3n4C)ccc21. The standard InChI is InChI=1S/C62H44N6/c1-5-67-55-21-13-9-17-43(55)47-33-39(25-29-57(47)67)61-50(36-64)62(40-26-30-58-48(34-40)44-18-10-14-22-56(44)68(58)6-2)60(38-24-28-54-46(32-38)42-16-8-12-20-52(42)66(54)4)49(35-63)59(61)37-23-27-53-45(31-37)41-15-7-11-19-51(41)65(53)3/h7-34H,5-6H2,1-4H3. The number of hydrogen-bond acceptors (Lipinski definition) is 2. The Balaban J connectivity index is 1.23. The van der Waals surface area contributed by atoms with Crippen molar-refractivity contribution in [2.24, 2.45) is 14.1 Å². The van der Waals surface area contributed by atoms with Gasteiger partial charge in [0.15, 0.2) is 0 Å². The zero-order valence-electron chi connectivity index (χ0n) is 38.3. The number of benzene rings is 9. The molecule has 0 amide bonds. The van der Waals surface area contributed by atoms with E-state index in [0.29, 0.717) is 11.1 Å². The van der Waals surface area contributed by atoms with E-state index < -0.39 is 0 Å². The van der Waals surface area contributed by atoms with E-state index in [1.54, 1.807) is 0 Å². The summed E-state index contributed by atoms with van der Waals surface area (Å²) in [5.41, 5.74) is 16.7. The molecule has 0 radical (unpaired) electrons. The van der Waals surface area contributed by atoms with Gasteiger partial charge < -0.3 is 18.3 Å². The van der Waals surface area contributed by atoms with Crippen LogP contribution in [-0.2, 0) is 27.2 Å². The Morgan fingerprint density at radius 3 is 0.897 bits per heavy atom. The van der Waals surface area contributed by atoms with Gasteiger partial charge in [-0.2, -0.15) is 10.5 Å². The minimum atomic E-state index is 0.528. The fourth-order valence-corrected chi connectivity index (χ4v) is 11.9. The average Bonchev–Trinajstić information content (AvgIpc) is 4.08. The lowest BCUT2D eigenvalue weighted by atomic mass is 9.77. The second-order valence-corrected chi connectivity index (χ2v) is 18.1. The van der Waals surface area contributed by atoms with Crippen LogP contribution in [0.5, 0.6) is 0 Å². The number of hydrogen-bond donors (Lipinski definition) is 0. The third kappa shape index (κ3) is 5.37. The normalized spacial score (nSPS) is 11.9. The van der Waals surface area contributed by atoms with Crippen molar-refractivity contribution in [3.63, 3.8) is 0 Å². The summed E-state index contributed by atoms with van der Waals surface area (Å²) < 4.78 is 9.18. The maximum Gasteiger partial charge on any atom is 0.100 e. The molecule has 322 valence electrons. The highest BCUT2D eigenvalue weighted by Crippen LogP contribution is 2.51. The van der Waals surface area contributed by atoms with Gasteiger partial charge in [-0.1, -0.05) is 97.1 Å². The maximum absolute atomic E-state index is 12.1. The van der Waals surface area contributed by atoms with Gasteiger partial charge in [-0.05, 0) is 109 Å². The molecule has 0 saturated carbocycles. The van der Waals surface area contributed by atoms with Crippen molar-refractivity contribution in [1.29, 1.82) is 10.5 Å². The van der Waals surface area contributed by atoms with Crippen LogP contribution in [0.4, 0.5) is 0 Å². The van der Waals surface area contributed by atoms with E-state index in [0.717, 1.165) is 134 Å². The number of fused-ring (bicyclic) bond motifs is 12. The van der Waals surface area contributed by atoms with Gasteiger partial charge in [-0.15, -0.1) is 0 Å². The summed E-state index contributed by atoms with van der Waals surface area (Å²) in [6, 6.07) is 66.2. The van der Waals surface area contributed by atoms with Crippen molar-refractivity contribution in [3.8, 4) is 56.6 Å². The fourth-order valence-electron chi connectivity index (χ4n) is 11.9. The first-order chi connectivity index (χ1) is 33.4. The first kappa shape index (κ1) is 39.5. The number of rotatable bonds is 6. The lowest BCUT2D eigenvalue weighted by molar-refractivity contribution is 0.827. The minimum absolute atomic E-state index is 0.528. The third-order valence-electron chi connectivity index (χ3n) is 14.9. The molecule has 0 aliphatic rings. The van der Waals surface area contributed by atoms with Crippen LogP contribution >= 0.6 is 0 Å². The van der Waals surface area contributed by atoms with Crippen LogP contribution < -0.4 is 0 Å². The van der Waals surface area contributed by atoms with Gasteiger partial charge in [-0.3, -0.25) is 0 Å². The zero-order chi connectivity index (χ0) is 45.9. The highest BCUT2D eigenvalue weighted by molar-refractivity contribution is 6.16. The Labute approximate surface area is 392 Å². The van der Waals surface area contributed by atoms with Crippen LogP contribution in [0.1, 0.15) is 25.0 Å². The molecule has 0 fully saturated rings. The van der Waals surface area contributed by atoms with Crippen LogP contribution in [0, 0.1) is 22.7 Å². The Hall–Kier alpha value is -8.84. The van der Waals surface area contributed by atoms with Crippen molar-refractivity contribution < 1.29 is 0 Å². The summed E-state index contributed by atoms with van der Waals surface area (Å²) >= 11 is 0. The van der Waals surface area contributed by atoms with Gasteiger partial charge in [-0.25, -0.2) is 0 Å². The third-order valence-corrected chi connectivity index (χ3v) is 14.9. The van der Waals surface area contributed by atoms with Gasteiger partial charge in [0.25, 0.3) is 0 Å². The molecule has 6 heteroatoms. The van der Waals surface area contributed by atoms with Crippen molar-refractivity contribution in [2.75, 3.05) is 0 Å². The zero-order valence-corrected chi connectivity index (χ0v) is 38.3. The largest absolute Gasteiger partial charge is 0.344 e. The van der Waals surface area contributed by atoms with Crippen LogP contribution in [0.25, 0.3) is 132 Å². The number of nitrogens with zero attached hydrogens (tertiary/aromatic N) is 6. The molecule has 13 rings (SSSR count). The predicted molar refractivity (Wildman–Crippen MR) is 283 cm³/mol. The molecular formula is C62H44N6. The average molecular weight is 873 g/mol. The number of aryl methyl sites for hydroxylation is 4. The quantitative estimate of drug-likeness (QED) is 0.167. The second-order valence-electron chi connectivity index (χ2n) is 18.1. The van der Waals surface area contributed by atoms with E-state index in [1.165, 1.54) is 11.0 Å². The summed E-state index contributed by atoms with van der Waals surface area (Å²) in [7, 11) is 4.22. The molecule has 0 unspecified atom stereocenters. The van der Waals surface area contributed by atoms with Crippen LogP contribution in [0.3, 0.4) is 0 Å². The summed E-state index contributed by atoms with van der Waals surface area (Å²) in [5.74, 6) is 0. The molecule has 13 aromatic rings. The first-order valence-corrected chi connectivity index (χ1v) is 23.4. The number of nitriles is 2. The lowest BCUT2D eigenvalue weighted by Crippen LogP contribution is -2.03. The second kappa shape index (κ2) is 14.8. The van der Waals surface area contributed by atoms with Crippen LogP contribution in [-0.4, -0.2) is 18.3 Å². The predicted octanol–water partition coefficient (Wildman–Crippen LogP) is 15.6. The van der Waals surface area contributed by atoms with Gasteiger partial charge in [0.2, 0.25) is 0 Å². The van der Waals surface area contributed by atoms with Crippen LogP contribution in [0.2, 0.25) is 0 Å². The molecule has 0 atom stereocenters. The molecule has 4 aromatic heterocycles. The van der Waals surface area contributed by atoms with Crippen LogP contribution in [0.15, 0.2) is 170 Å². The topological polar surface area (TPSA) is 67.3 Å². The first-order valence-electron chi connectivity index (χ1n) is 23.4. The summed E-state index contributed by atoms with van der Waals surface area (Å²) in [4.78, 5) is 0. The maximum atomic E-state index is 12.1. The molecule has 0 spiro atoms. The minimum Gasteiger partial charge on any atom is -0.344 e. The van der Waals surface area contributed by atoms with Crippen molar-refractivity contribution >= 4 is 87.2 Å². The molecule has 0 saturated heterocycles. The van der Waals surface area contributed by atoms with E-state index in [2.05, 4.69) is 228 Å². The summed E-state index contributed by atoms with van der Waals surface area (Å²) in [5, 5.41) is 33.1. The smallest absolute Gasteiger partial charge is 0.100 e. The van der Waals surface area contributed by atoms with E-state index in [-0.39, 0.29) is 0 Å². The van der Waals surface area contributed by atoms with Gasteiger partial charge >= 0.3 is 0 Å². The van der Waals surface area contributed by atoms with Crippen molar-refractivity contribution in [3.05, 3.63) is 181 Å². The van der Waals surface area contributed by atoms with E-state index in [1.807, 2.05) is 0 Å². The molecule has 0 N–H and O–H groups in total. The lowest BCUT2D eigenvalue weighted by Gasteiger charge is -2.23. The van der Waals surface area contributed by atoms with E-state index in [9.17, 15) is 10.5 Å². The molecular weight excluding hydrogens is 829 g/mol. The molecule has 0 aliphatic heterocycles. The number of para-hydroxylation sites is 4. The van der Waals surface area contributed by atoms with Gasteiger partial charge in [0.05, 0.1) is 11.1 Å². The highest BCUT2D eigenvalue weighted by Gasteiger charge is 2.30. The molecule has 4 heterocycles. The highest BCUT2D eigenvalue weighted by atomic mass is 15.0. The molecule has 68 heavy (non-hydrogen) atoms. The van der Waals surface area contributed by atoms with E-state index in [4.69, 9.17) is 0 Å². The monoisotopic (exact) mass is 872 g/mol. The molecule has 0 bridgehead atoms. The summed E-state index contributed by atoms with van der Waals surface area (Å²) in [6.45, 7) is 6.00. The van der Waals surface area contributed by atoms with Crippen molar-refractivity contribution in [1.82, 2.24) is 18.3 Å². The molecule has 6 nitrogen and oxygen atoms in total. The molecule has 0 aliphatic carbocycles. The van der Waals surface area contributed by atoms with Gasteiger partial charge in [0, 0.05) is 137 Å². The fraction of sp³-hybridized carbons (Fsp3) is 0.0968.